The highest BCUT2D eigenvalue weighted by atomic mass is 16.3. The molecule has 0 amide bonds. The van der Waals surface area contributed by atoms with Crippen molar-refractivity contribution in [2.45, 2.75) is 57.8 Å². The highest BCUT2D eigenvalue weighted by Gasteiger charge is 2.27. The van der Waals surface area contributed by atoms with Crippen molar-refractivity contribution in [2.24, 2.45) is 0 Å². The minimum Gasteiger partial charge on any atom is -0.390 e. The van der Waals surface area contributed by atoms with Gasteiger partial charge in [0.05, 0.1) is 12.2 Å². The molecule has 1 rings (SSSR count). The van der Waals surface area contributed by atoms with Crippen molar-refractivity contribution in [1.29, 1.82) is 0 Å². The third kappa shape index (κ3) is 4.94. The second-order valence-electron chi connectivity index (χ2n) is 5.28. The maximum Gasteiger partial charge on any atom is 0.0954 e. The maximum absolute atomic E-state index is 10.3. The number of rotatable bonds is 8. The molecule has 0 aliphatic carbocycles. The highest BCUT2D eigenvalue weighted by Crippen LogP contribution is 2.22. The van der Waals surface area contributed by atoms with E-state index >= 15 is 0 Å². The summed E-state index contributed by atoms with van der Waals surface area (Å²) in [7, 11) is 0. The van der Waals surface area contributed by atoms with Crippen LogP contribution in [-0.4, -0.2) is 35.0 Å². The van der Waals surface area contributed by atoms with Gasteiger partial charge < -0.3 is 15.5 Å². The monoisotopic (exact) mass is 265 g/mol. The number of benzene rings is 1. The van der Waals surface area contributed by atoms with Crippen molar-refractivity contribution in [1.82, 2.24) is 5.32 Å². The summed E-state index contributed by atoms with van der Waals surface area (Å²) in [6.07, 6.45) is 0.693. The summed E-state index contributed by atoms with van der Waals surface area (Å²) >= 11 is 0. The van der Waals surface area contributed by atoms with Gasteiger partial charge in [-0.25, -0.2) is 0 Å². The van der Waals surface area contributed by atoms with Crippen LogP contribution in [0.15, 0.2) is 30.3 Å². The molecule has 0 bridgehead atoms. The first kappa shape index (κ1) is 16.2. The number of hydrogen-bond acceptors (Lipinski definition) is 3. The molecule has 0 saturated carbocycles. The summed E-state index contributed by atoms with van der Waals surface area (Å²) in [5.41, 5.74) is 1.05. The molecule has 0 heterocycles. The molecule has 3 heteroatoms. The van der Waals surface area contributed by atoms with E-state index in [1.165, 1.54) is 0 Å². The topological polar surface area (TPSA) is 52.5 Å². The molecule has 1 aromatic carbocycles. The molecule has 3 N–H and O–H groups in total. The number of hydrogen-bond donors (Lipinski definition) is 3. The lowest BCUT2D eigenvalue weighted by Crippen LogP contribution is -2.46. The van der Waals surface area contributed by atoms with Gasteiger partial charge in [0.1, 0.15) is 0 Å². The first-order valence-electron chi connectivity index (χ1n) is 7.22. The first-order chi connectivity index (χ1) is 9.07. The van der Waals surface area contributed by atoms with Gasteiger partial charge in [0.15, 0.2) is 0 Å². The van der Waals surface area contributed by atoms with Crippen molar-refractivity contribution in [2.75, 3.05) is 6.54 Å². The lowest BCUT2D eigenvalue weighted by Gasteiger charge is -2.29. The Balaban J connectivity index is 2.53. The van der Waals surface area contributed by atoms with E-state index in [9.17, 15) is 10.2 Å². The largest absolute Gasteiger partial charge is 0.390 e. The van der Waals surface area contributed by atoms with E-state index in [1.807, 2.05) is 44.2 Å². The third-order valence-corrected chi connectivity index (χ3v) is 3.70. The summed E-state index contributed by atoms with van der Waals surface area (Å²) in [4.78, 5) is 0. The molecule has 0 radical (unpaired) electrons. The van der Waals surface area contributed by atoms with Crippen molar-refractivity contribution in [3.8, 4) is 0 Å². The maximum atomic E-state index is 10.3. The van der Waals surface area contributed by atoms with Crippen LogP contribution in [0.3, 0.4) is 0 Å². The molecule has 1 aromatic rings. The summed E-state index contributed by atoms with van der Waals surface area (Å²) < 4.78 is 0. The lowest BCUT2D eigenvalue weighted by atomic mass is 9.90. The zero-order valence-electron chi connectivity index (χ0n) is 12.2. The zero-order valence-corrected chi connectivity index (χ0v) is 12.2. The van der Waals surface area contributed by atoms with Gasteiger partial charge in [-0.05, 0) is 25.5 Å². The van der Waals surface area contributed by atoms with Crippen LogP contribution in [0, 0.1) is 0 Å². The van der Waals surface area contributed by atoms with Gasteiger partial charge in [0.2, 0.25) is 0 Å². The summed E-state index contributed by atoms with van der Waals surface area (Å²) in [6.45, 7) is 6.87. The molecule has 0 fully saturated rings. The van der Waals surface area contributed by atoms with Crippen LogP contribution >= 0.6 is 0 Å². The van der Waals surface area contributed by atoms with Crippen LogP contribution in [-0.2, 0) is 0 Å². The fraction of sp³-hybridized carbons (Fsp3) is 0.625. The van der Waals surface area contributed by atoms with Gasteiger partial charge in [-0.1, -0.05) is 50.6 Å². The Morgan fingerprint density at radius 2 is 1.68 bits per heavy atom. The Morgan fingerprint density at radius 3 is 2.26 bits per heavy atom. The van der Waals surface area contributed by atoms with Crippen LogP contribution < -0.4 is 5.32 Å². The van der Waals surface area contributed by atoms with Gasteiger partial charge in [-0.2, -0.15) is 0 Å². The smallest absolute Gasteiger partial charge is 0.0954 e. The second kappa shape index (κ2) is 8.31. The van der Waals surface area contributed by atoms with Gasteiger partial charge in [0, 0.05) is 12.0 Å². The number of aliphatic hydroxyl groups is 2. The molecule has 0 aliphatic heterocycles. The molecule has 4 unspecified atom stereocenters. The quantitative estimate of drug-likeness (QED) is 0.632. The summed E-state index contributed by atoms with van der Waals surface area (Å²) in [6, 6.07) is 9.72. The molecule has 0 aromatic heterocycles. The highest BCUT2D eigenvalue weighted by molar-refractivity contribution is 5.20. The minimum atomic E-state index is -0.758. The predicted octanol–water partition coefficient (Wildman–Crippen LogP) is 2.29. The second-order valence-corrected chi connectivity index (χ2v) is 5.28. The van der Waals surface area contributed by atoms with Crippen LogP contribution in [0.2, 0.25) is 0 Å². The van der Waals surface area contributed by atoms with Crippen LogP contribution in [0.1, 0.15) is 45.1 Å². The van der Waals surface area contributed by atoms with Crippen LogP contribution in [0.25, 0.3) is 0 Å². The van der Waals surface area contributed by atoms with Crippen molar-refractivity contribution in [3.05, 3.63) is 35.9 Å². The molecule has 19 heavy (non-hydrogen) atoms. The Labute approximate surface area is 116 Å². The van der Waals surface area contributed by atoms with E-state index in [1.54, 1.807) is 0 Å². The molecule has 3 nitrogen and oxygen atoms in total. The fourth-order valence-electron chi connectivity index (χ4n) is 2.17. The number of unbranched alkanes of at least 4 members (excludes halogenated alkanes) is 1. The van der Waals surface area contributed by atoms with Crippen molar-refractivity contribution < 1.29 is 10.2 Å². The fourth-order valence-corrected chi connectivity index (χ4v) is 2.17. The standard InChI is InChI=1S/C16H27NO2/c1-4-5-11-17-13(3)16(19)15(18)12(2)14-9-7-6-8-10-14/h6-10,12-13,15-19H,4-5,11H2,1-3H3. The van der Waals surface area contributed by atoms with Crippen molar-refractivity contribution >= 4 is 0 Å². The first-order valence-corrected chi connectivity index (χ1v) is 7.22. The Morgan fingerprint density at radius 1 is 1.05 bits per heavy atom. The molecule has 4 atom stereocenters. The lowest BCUT2D eigenvalue weighted by molar-refractivity contribution is -0.0121. The van der Waals surface area contributed by atoms with Crippen LogP contribution in [0.5, 0.6) is 0 Å². The van der Waals surface area contributed by atoms with Crippen molar-refractivity contribution in [3.63, 3.8) is 0 Å². The zero-order chi connectivity index (χ0) is 14.3. The SMILES string of the molecule is CCCCNC(C)C(O)C(O)C(C)c1ccccc1. The van der Waals surface area contributed by atoms with E-state index in [-0.39, 0.29) is 12.0 Å². The number of nitrogens with one attached hydrogen (secondary N) is 1. The Bertz CT molecular complexity index is 342. The molecule has 0 spiro atoms. The van der Waals surface area contributed by atoms with Gasteiger partial charge in [0.25, 0.3) is 0 Å². The van der Waals surface area contributed by atoms with E-state index in [0.717, 1.165) is 24.9 Å². The van der Waals surface area contributed by atoms with E-state index in [0.29, 0.717) is 0 Å². The third-order valence-electron chi connectivity index (χ3n) is 3.70. The molecular formula is C16H27NO2. The van der Waals surface area contributed by atoms with Gasteiger partial charge >= 0.3 is 0 Å². The average molecular weight is 265 g/mol. The molecule has 108 valence electrons. The van der Waals surface area contributed by atoms with Gasteiger partial charge in [-0.3, -0.25) is 0 Å². The molecule has 0 aliphatic rings. The van der Waals surface area contributed by atoms with Crippen LogP contribution in [0.4, 0.5) is 0 Å². The summed E-state index contributed by atoms with van der Waals surface area (Å²) in [5.74, 6) is -0.0772. The minimum absolute atomic E-state index is 0.0772. The normalized spacial score (nSPS) is 17.7. The van der Waals surface area contributed by atoms with Gasteiger partial charge in [-0.15, -0.1) is 0 Å². The molecular weight excluding hydrogens is 238 g/mol. The van der Waals surface area contributed by atoms with E-state index in [4.69, 9.17) is 0 Å². The number of aliphatic hydroxyl groups excluding tert-OH is 2. The van der Waals surface area contributed by atoms with E-state index in [2.05, 4.69) is 12.2 Å². The Kier molecular flexibility index (Phi) is 7.06. The van der Waals surface area contributed by atoms with E-state index < -0.39 is 12.2 Å². The predicted molar refractivity (Wildman–Crippen MR) is 79.2 cm³/mol. The Hall–Kier alpha value is -0.900. The average Bonchev–Trinajstić information content (AvgIpc) is 2.46. The molecule has 0 saturated heterocycles. The summed E-state index contributed by atoms with van der Waals surface area (Å²) in [5, 5.41) is 23.7.